The molecule has 3 atom stereocenters. The van der Waals surface area contributed by atoms with Crippen LogP contribution in [0, 0.1) is 16.0 Å². The topological polar surface area (TPSA) is 159 Å². The molecule has 2 amide bonds. The Morgan fingerprint density at radius 3 is 2.50 bits per heavy atom. The van der Waals surface area contributed by atoms with Crippen LogP contribution in [0.1, 0.15) is 35.3 Å². The van der Waals surface area contributed by atoms with Gasteiger partial charge in [0.2, 0.25) is 11.8 Å². The Morgan fingerprint density at radius 2 is 1.89 bits per heavy atom. The van der Waals surface area contributed by atoms with Crippen LogP contribution >= 0.6 is 11.8 Å². The highest BCUT2D eigenvalue weighted by molar-refractivity contribution is 8.09. The molecule has 0 aliphatic carbocycles. The van der Waals surface area contributed by atoms with Crippen molar-refractivity contribution in [3.63, 3.8) is 0 Å². The number of nitrogens with two attached hydrogens (primary N) is 1. The summed E-state index contributed by atoms with van der Waals surface area (Å²) in [5, 5.41) is 10.3. The standard InChI is InChI=1S/C24H21N3O8S/c1-12(35-13(2)28)18-22(30)26-19(24(31)34-11-14-6-8-17(9-7-14)27(32)33)20(36-23(18)26)15-4-3-5-16(10-15)21(25)29/h3-10,12,18,23H,11H2,1-2H3,(H2,25,29)/t12-,18+,23-/m1/s1. The number of benzene rings is 2. The largest absolute Gasteiger partial charge is 0.462 e. The molecular formula is C24H21N3O8S. The Kier molecular flexibility index (Phi) is 6.80. The molecule has 0 bridgehead atoms. The molecule has 0 spiro atoms. The van der Waals surface area contributed by atoms with Crippen LogP contribution in [0.4, 0.5) is 5.69 Å². The maximum Gasteiger partial charge on any atom is 0.356 e. The molecule has 2 aromatic rings. The molecule has 186 valence electrons. The monoisotopic (exact) mass is 511 g/mol. The number of non-ortho nitro benzene ring substituents is 1. The predicted octanol–water partition coefficient (Wildman–Crippen LogP) is 2.59. The summed E-state index contributed by atoms with van der Waals surface area (Å²) in [5.41, 5.74) is 6.56. The highest BCUT2D eigenvalue weighted by Crippen LogP contribution is 2.54. The van der Waals surface area contributed by atoms with Gasteiger partial charge in [0.1, 0.15) is 29.7 Å². The SMILES string of the molecule is CC(=O)O[C@H](C)[C@H]1C(=O)N2C(C(=O)OCc3ccc([N+](=O)[O-])cc3)=C(c3cccc(C(N)=O)c3)S[C@H]12. The quantitative estimate of drug-likeness (QED) is 0.243. The summed E-state index contributed by atoms with van der Waals surface area (Å²) in [7, 11) is 0. The van der Waals surface area contributed by atoms with E-state index >= 15 is 0 Å². The van der Waals surface area contributed by atoms with Gasteiger partial charge >= 0.3 is 11.9 Å². The van der Waals surface area contributed by atoms with E-state index in [1.54, 1.807) is 19.1 Å². The fourth-order valence-electron chi connectivity index (χ4n) is 4.04. The van der Waals surface area contributed by atoms with E-state index < -0.39 is 46.1 Å². The van der Waals surface area contributed by atoms with Gasteiger partial charge in [0.05, 0.1) is 4.92 Å². The highest BCUT2D eigenvalue weighted by Gasteiger charge is 2.59. The molecule has 2 aliphatic rings. The smallest absolute Gasteiger partial charge is 0.356 e. The maximum atomic E-state index is 13.2. The first-order chi connectivity index (χ1) is 17.1. The Hall–Kier alpha value is -4.19. The second-order valence-corrected chi connectivity index (χ2v) is 9.31. The number of ether oxygens (including phenoxy) is 2. The van der Waals surface area contributed by atoms with E-state index in [1.807, 2.05) is 0 Å². The van der Waals surface area contributed by atoms with Crippen molar-refractivity contribution in [3.8, 4) is 0 Å². The molecular weight excluding hydrogens is 490 g/mol. The molecule has 0 saturated carbocycles. The number of primary amides is 1. The average molecular weight is 512 g/mol. The fourth-order valence-corrected chi connectivity index (χ4v) is 5.64. The van der Waals surface area contributed by atoms with Crippen molar-refractivity contribution in [2.24, 2.45) is 11.7 Å². The number of nitro benzene ring substituents is 1. The number of carbonyl (C=O) groups is 4. The number of nitrogens with zero attached hydrogens (tertiary/aromatic N) is 2. The number of nitro groups is 1. The zero-order chi connectivity index (χ0) is 26.1. The van der Waals surface area contributed by atoms with Gasteiger partial charge in [-0.15, -0.1) is 0 Å². The highest BCUT2D eigenvalue weighted by atomic mass is 32.2. The van der Waals surface area contributed by atoms with Crippen molar-refractivity contribution in [1.82, 2.24) is 4.90 Å². The first-order valence-corrected chi connectivity index (χ1v) is 11.7. The van der Waals surface area contributed by atoms with Crippen LogP contribution in [0.15, 0.2) is 54.2 Å². The lowest BCUT2D eigenvalue weighted by molar-refractivity contribution is -0.384. The summed E-state index contributed by atoms with van der Waals surface area (Å²) in [6, 6.07) is 11.9. The van der Waals surface area contributed by atoms with Crippen LogP contribution in [-0.2, 0) is 30.5 Å². The van der Waals surface area contributed by atoms with Gasteiger partial charge in [-0.1, -0.05) is 23.9 Å². The lowest BCUT2D eigenvalue weighted by atomic mass is 9.91. The third kappa shape index (κ3) is 4.67. The third-order valence-electron chi connectivity index (χ3n) is 5.76. The number of β-lactam (4-membered cyclic amide) rings is 1. The van der Waals surface area contributed by atoms with Crippen LogP contribution in [0.5, 0.6) is 0 Å². The molecule has 2 heterocycles. The minimum absolute atomic E-state index is 0.00445. The van der Waals surface area contributed by atoms with Gasteiger partial charge in [0.15, 0.2) is 0 Å². The van der Waals surface area contributed by atoms with E-state index in [0.29, 0.717) is 16.0 Å². The maximum absolute atomic E-state index is 13.2. The molecule has 0 radical (unpaired) electrons. The lowest BCUT2D eigenvalue weighted by Crippen LogP contribution is -2.61. The molecule has 2 N–H and O–H groups in total. The minimum atomic E-state index is -0.783. The first-order valence-electron chi connectivity index (χ1n) is 10.8. The molecule has 0 aromatic heterocycles. The normalized spacial score (nSPS) is 19.3. The number of thioether (sulfide) groups is 1. The summed E-state index contributed by atoms with van der Waals surface area (Å²) in [6.07, 6.45) is -0.711. The number of hydrogen-bond donors (Lipinski definition) is 1. The van der Waals surface area contributed by atoms with E-state index in [4.69, 9.17) is 15.2 Å². The van der Waals surface area contributed by atoms with E-state index in [9.17, 15) is 29.3 Å². The number of fused-ring (bicyclic) bond motifs is 1. The van der Waals surface area contributed by atoms with Crippen molar-refractivity contribution in [1.29, 1.82) is 0 Å². The van der Waals surface area contributed by atoms with Crippen LogP contribution in [-0.4, -0.2) is 45.1 Å². The van der Waals surface area contributed by atoms with Gasteiger partial charge in [0, 0.05) is 29.5 Å². The number of rotatable bonds is 8. The third-order valence-corrected chi connectivity index (χ3v) is 7.17. The van der Waals surface area contributed by atoms with Crippen molar-refractivity contribution in [3.05, 3.63) is 81.0 Å². The summed E-state index contributed by atoms with van der Waals surface area (Å²) in [4.78, 5) is 61.4. The summed E-state index contributed by atoms with van der Waals surface area (Å²) in [5.74, 6) is -3.03. The minimum Gasteiger partial charge on any atom is -0.462 e. The zero-order valence-electron chi connectivity index (χ0n) is 19.2. The predicted molar refractivity (Wildman–Crippen MR) is 128 cm³/mol. The second-order valence-electron chi connectivity index (χ2n) is 8.18. The lowest BCUT2D eigenvalue weighted by Gasteiger charge is -2.44. The molecule has 2 aromatic carbocycles. The van der Waals surface area contributed by atoms with Crippen LogP contribution in [0.2, 0.25) is 0 Å². The Labute approximate surface area is 209 Å². The second kappa shape index (κ2) is 9.82. The Morgan fingerprint density at radius 1 is 1.19 bits per heavy atom. The summed E-state index contributed by atoms with van der Waals surface area (Å²) >= 11 is 1.23. The van der Waals surface area contributed by atoms with E-state index in [-0.39, 0.29) is 23.6 Å². The number of hydrogen-bond acceptors (Lipinski definition) is 9. The van der Waals surface area contributed by atoms with E-state index in [1.165, 1.54) is 60.0 Å². The van der Waals surface area contributed by atoms with Crippen LogP contribution in [0.3, 0.4) is 0 Å². The fraction of sp³-hybridized carbons (Fsp3) is 0.250. The van der Waals surface area contributed by atoms with Gasteiger partial charge < -0.3 is 15.2 Å². The Balaban J connectivity index is 1.63. The molecule has 1 fully saturated rings. The molecule has 4 rings (SSSR count). The van der Waals surface area contributed by atoms with Gasteiger partial charge in [0.25, 0.3) is 5.69 Å². The van der Waals surface area contributed by atoms with Gasteiger partial charge in [-0.3, -0.25) is 29.4 Å². The molecule has 11 nitrogen and oxygen atoms in total. The van der Waals surface area contributed by atoms with Gasteiger partial charge in [-0.2, -0.15) is 0 Å². The number of esters is 2. The van der Waals surface area contributed by atoms with Gasteiger partial charge in [-0.25, -0.2) is 4.79 Å². The van der Waals surface area contributed by atoms with Crippen LogP contribution in [0.25, 0.3) is 4.91 Å². The van der Waals surface area contributed by atoms with Crippen LogP contribution < -0.4 is 5.73 Å². The van der Waals surface area contributed by atoms with E-state index in [2.05, 4.69) is 0 Å². The molecule has 12 heteroatoms. The summed E-state index contributed by atoms with van der Waals surface area (Å²) < 4.78 is 10.7. The van der Waals surface area contributed by atoms with Crippen molar-refractivity contribution in [2.45, 2.75) is 31.9 Å². The zero-order valence-corrected chi connectivity index (χ0v) is 20.0. The number of carbonyl (C=O) groups excluding carboxylic acids is 4. The molecule has 0 unspecified atom stereocenters. The average Bonchev–Trinajstić information content (AvgIpc) is 3.17. The van der Waals surface area contributed by atoms with Crippen molar-refractivity contribution in [2.75, 3.05) is 0 Å². The summed E-state index contributed by atoms with van der Waals surface area (Å²) in [6.45, 7) is 2.68. The first kappa shape index (κ1) is 24.9. The van der Waals surface area contributed by atoms with E-state index in [0.717, 1.165) is 0 Å². The molecule has 36 heavy (non-hydrogen) atoms. The Bertz CT molecular complexity index is 1310. The van der Waals surface area contributed by atoms with Crippen molar-refractivity contribution >= 4 is 46.1 Å². The van der Waals surface area contributed by atoms with Crippen molar-refractivity contribution < 1.29 is 33.6 Å². The van der Waals surface area contributed by atoms with Gasteiger partial charge in [-0.05, 0) is 42.3 Å². The number of amides is 2. The molecule has 1 saturated heterocycles. The molecule has 2 aliphatic heterocycles.